The smallest absolute Gasteiger partial charge is 0.288 e. The Labute approximate surface area is 91.9 Å². The molecule has 1 amide bonds. The first-order valence-electron chi connectivity index (χ1n) is 4.66. The molecule has 0 saturated heterocycles. The monoisotopic (exact) mass is 230 g/mol. The van der Waals surface area contributed by atoms with E-state index in [1.807, 2.05) is 0 Å². The summed E-state index contributed by atoms with van der Waals surface area (Å²) in [7, 11) is 0. The average molecular weight is 230 g/mol. The summed E-state index contributed by atoms with van der Waals surface area (Å²) < 4.78 is 0. The number of aliphatic hydroxyl groups is 1. The molecule has 0 atom stereocenters. The molecule has 0 fully saturated rings. The van der Waals surface area contributed by atoms with Crippen molar-refractivity contribution in [1.29, 1.82) is 0 Å². The molecule has 0 saturated carbocycles. The molecule has 0 bridgehead atoms. The third kappa shape index (κ3) is 4.80. The fourth-order valence-corrected chi connectivity index (χ4v) is 1.69. The van der Waals surface area contributed by atoms with Crippen LogP contribution in [0.1, 0.15) is 17.0 Å². The van der Waals surface area contributed by atoms with E-state index in [0.717, 1.165) is 17.9 Å². The Bertz CT molecular complexity index is 278. The summed E-state index contributed by atoms with van der Waals surface area (Å²) in [6.07, 6.45) is 2.09. The third-order valence-corrected chi connectivity index (χ3v) is 2.68. The van der Waals surface area contributed by atoms with E-state index in [9.17, 15) is 4.79 Å². The van der Waals surface area contributed by atoms with Gasteiger partial charge in [-0.15, -0.1) is 0 Å². The van der Waals surface area contributed by atoms with E-state index in [2.05, 4.69) is 20.5 Å². The van der Waals surface area contributed by atoms with Crippen LogP contribution in [-0.4, -0.2) is 50.9 Å². The van der Waals surface area contributed by atoms with Crippen molar-refractivity contribution < 1.29 is 9.90 Å². The molecule has 0 aliphatic rings. The van der Waals surface area contributed by atoms with E-state index >= 15 is 0 Å². The minimum atomic E-state index is -0.241. The second kappa shape index (κ2) is 7.24. The van der Waals surface area contributed by atoms with Gasteiger partial charge in [-0.3, -0.25) is 9.89 Å². The number of thioether (sulfide) groups is 1. The molecule has 15 heavy (non-hydrogen) atoms. The molecule has 84 valence electrons. The minimum Gasteiger partial charge on any atom is -0.396 e. The lowest BCUT2D eigenvalue weighted by Gasteiger charge is -2.02. The first-order valence-corrected chi connectivity index (χ1v) is 5.82. The molecule has 0 aliphatic carbocycles. The Balaban J connectivity index is 2.03. The highest BCUT2D eigenvalue weighted by Gasteiger charge is 2.06. The van der Waals surface area contributed by atoms with Gasteiger partial charge in [0, 0.05) is 18.9 Å². The van der Waals surface area contributed by atoms with Crippen LogP contribution in [-0.2, 0) is 0 Å². The SMILES string of the molecule is O=C(NCCSCCCO)c1ncn[nH]1. The molecule has 0 aliphatic heterocycles. The third-order valence-electron chi connectivity index (χ3n) is 1.61. The summed E-state index contributed by atoms with van der Waals surface area (Å²) in [5, 5.41) is 17.3. The van der Waals surface area contributed by atoms with Crippen LogP contribution in [0.5, 0.6) is 0 Å². The average Bonchev–Trinajstić information content (AvgIpc) is 2.76. The van der Waals surface area contributed by atoms with E-state index < -0.39 is 0 Å². The number of hydrogen-bond acceptors (Lipinski definition) is 5. The zero-order chi connectivity index (χ0) is 10.9. The van der Waals surface area contributed by atoms with Gasteiger partial charge >= 0.3 is 0 Å². The maximum absolute atomic E-state index is 11.3. The predicted molar refractivity (Wildman–Crippen MR) is 57.7 cm³/mol. The van der Waals surface area contributed by atoms with Gasteiger partial charge in [0.2, 0.25) is 5.82 Å². The van der Waals surface area contributed by atoms with Crippen molar-refractivity contribution in [2.75, 3.05) is 24.7 Å². The van der Waals surface area contributed by atoms with Crippen molar-refractivity contribution in [3.05, 3.63) is 12.2 Å². The molecule has 0 spiro atoms. The lowest BCUT2D eigenvalue weighted by molar-refractivity contribution is 0.0946. The molecular formula is C8H14N4O2S. The van der Waals surface area contributed by atoms with Gasteiger partial charge in [-0.2, -0.15) is 16.9 Å². The normalized spacial score (nSPS) is 10.2. The van der Waals surface area contributed by atoms with Crippen molar-refractivity contribution in [3.8, 4) is 0 Å². The summed E-state index contributed by atoms with van der Waals surface area (Å²) in [6, 6.07) is 0. The number of aromatic nitrogens is 3. The van der Waals surface area contributed by atoms with Crippen molar-refractivity contribution >= 4 is 17.7 Å². The second-order valence-corrected chi connectivity index (χ2v) is 4.00. The quantitative estimate of drug-likeness (QED) is 0.557. The number of carbonyl (C=O) groups is 1. The van der Waals surface area contributed by atoms with Crippen LogP contribution in [0.15, 0.2) is 6.33 Å². The molecule has 1 aromatic heterocycles. The van der Waals surface area contributed by atoms with Crippen LogP contribution in [0.25, 0.3) is 0 Å². The number of rotatable bonds is 7. The van der Waals surface area contributed by atoms with Crippen LogP contribution in [0.2, 0.25) is 0 Å². The first-order chi connectivity index (χ1) is 7.34. The fraction of sp³-hybridized carbons (Fsp3) is 0.625. The topological polar surface area (TPSA) is 90.9 Å². The van der Waals surface area contributed by atoms with Gasteiger partial charge in [-0.1, -0.05) is 0 Å². The second-order valence-electron chi connectivity index (χ2n) is 2.78. The van der Waals surface area contributed by atoms with Crippen molar-refractivity contribution in [2.24, 2.45) is 0 Å². The number of aliphatic hydroxyl groups excluding tert-OH is 1. The highest BCUT2D eigenvalue weighted by molar-refractivity contribution is 7.99. The zero-order valence-corrected chi connectivity index (χ0v) is 9.09. The highest BCUT2D eigenvalue weighted by Crippen LogP contribution is 2.00. The summed E-state index contributed by atoms with van der Waals surface area (Å²) >= 11 is 1.70. The Kier molecular flexibility index (Phi) is 5.79. The number of H-pyrrole nitrogens is 1. The molecule has 0 radical (unpaired) electrons. The summed E-state index contributed by atoms with van der Waals surface area (Å²) in [5.74, 6) is 1.74. The maximum atomic E-state index is 11.3. The molecule has 0 aromatic carbocycles. The van der Waals surface area contributed by atoms with Gasteiger partial charge < -0.3 is 10.4 Å². The van der Waals surface area contributed by atoms with Gasteiger partial charge in [0.15, 0.2) is 0 Å². The van der Waals surface area contributed by atoms with Crippen molar-refractivity contribution in [2.45, 2.75) is 6.42 Å². The Hall–Kier alpha value is -1.08. The molecule has 7 heteroatoms. The minimum absolute atomic E-state index is 0.220. The van der Waals surface area contributed by atoms with E-state index in [-0.39, 0.29) is 18.3 Å². The van der Waals surface area contributed by atoms with Crippen molar-refractivity contribution in [1.82, 2.24) is 20.5 Å². The largest absolute Gasteiger partial charge is 0.396 e. The molecule has 3 N–H and O–H groups in total. The van der Waals surface area contributed by atoms with Gasteiger partial charge in [0.05, 0.1) is 0 Å². The van der Waals surface area contributed by atoms with E-state index in [1.54, 1.807) is 11.8 Å². The molecule has 0 unspecified atom stereocenters. The molecule has 1 heterocycles. The van der Waals surface area contributed by atoms with Gasteiger partial charge in [0.25, 0.3) is 5.91 Å². The van der Waals surface area contributed by atoms with E-state index in [4.69, 9.17) is 5.11 Å². The molecule has 6 nitrogen and oxygen atoms in total. The Morgan fingerprint density at radius 3 is 3.13 bits per heavy atom. The Morgan fingerprint density at radius 1 is 1.60 bits per heavy atom. The molecule has 1 rings (SSSR count). The number of aromatic amines is 1. The van der Waals surface area contributed by atoms with Crippen LogP contribution >= 0.6 is 11.8 Å². The van der Waals surface area contributed by atoms with Gasteiger partial charge in [-0.25, -0.2) is 4.98 Å². The van der Waals surface area contributed by atoms with Crippen LogP contribution < -0.4 is 5.32 Å². The van der Waals surface area contributed by atoms with Crippen LogP contribution in [0, 0.1) is 0 Å². The van der Waals surface area contributed by atoms with E-state index in [1.165, 1.54) is 6.33 Å². The van der Waals surface area contributed by atoms with Gasteiger partial charge in [0.1, 0.15) is 6.33 Å². The maximum Gasteiger partial charge on any atom is 0.288 e. The highest BCUT2D eigenvalue weighted by atomic mass is 32.2. The fourth-order valence-electron chi connectivity index (χ4n) is 0.904. The lowest BCUT2D eigenvalue weighted by atomic mass is 10.5. The Morgan fingerprint density at radius 2 is 2.47 bits per heavy atom. The number of carbonyl (C=O) groups excluding carboxylic acids is 1. The van der Waals surface area contributed by atoms with Gasteiger partial charge in [-0.05, 0) is 12.2 Å². The summed E-state index contributed by atoms with van der Waals surface area (Å²) in [4.78, 5) is 15.0. The predicted octanol–water partition coefficient (Wildman–Crippen LogP) is -0.350. The number of amides is 1. The van der Waals surface area contributed by atoms with Crippen LogP contribution in [0.4, 0.5) is 0 Å². The molecule has 1 aromatic rings. The number of nitrogens with one attached hydrogen (secondary N) is 2. The number of nitrogens with zero attached hydrogens (tertiary/aromatic N) is 2. The standard InChI is InChI=1S/C8H14N4O2S/c13-3-1-4-15-5-2-9-8(14)7-10-6-11-12-7/h6,13H,1-5H2,(H,9,14)(H,10,11,12). The lowest BCUT2D eigenvalue weighted by Crippen LogP contribution is -2.26. The van der Waals surface area contributed by atoms with E-state index in [0.29, 0.717) is 6.54 Å². The molecular weight excluding hydrogens is 216 g/mol. The zero-order valence-electron chi connectivity index (χ0n) is 8.27. The van der Waals surface area contributed by atoms with Crippen molar-refractivity contribution in [3.63, 3.8) is 0 Å². The van der Waals surface area contributed by atoms with Crippen LogP contribution in [0.3, 0.4) is 0 Å². The number of hydrogen-bond donors (Lipinski definition) is 3. The summed E-state index contributed by atoms with van der Waals surface area (Å²) in [5.41, 5.74) is 0. The summed E-state index contributed by atoms with van der Waals surface area (Å²) in [6.45, 7) is 0.813. The first kappa shape index (κ1) is 12.0.